The Labute approximate surface area is 333 Å². The monoisotopic (exact) mass is 815 g/mol. The van der Waals surface area contributed by atoms with Crippen molar-refractivity contribution >= 4 is 39.9 Å². The first-order valence-electron chi connectivity index (χ1n) is 19.0. The molecule has 1 aromatic carbocycles. The molecule has 1 saturated heterocycles. The quantitative estimate of drug-likeness (QED) is 0.213. The number of hydrogen-bond donors (Lipinski definition) is 4. The minimum absolute atomic E-state index is 0.0407. The standard InChI is InChI=1S/C40H54FN5O10S/c1-9-25-19-40(25,35(50)44-57(53,54)28-13-14-28)43-33(48)31-18-27(55-37(52)45-20-24-11-10-12-30(41)29(24)22-45)21-46(31)34(49)32(42-36(51)56-39(6,7)8)23(2)17-26(47)15-16-38(3,4)5/h9-12,15-16,25-28,31-32,47H,1-2,13-14,17-22H2,3-8H3,(H,42,51)(H,43,48)(H,44,50). The Kier molecular flexibility index (Phi) is 12.3. The van der Waals surface area contributed by atoms with Gasteiger partial charge in [-0.1, -0.05) is 57.7 Å². The van der Waals surface area contributed by atoms with E-state index in [1.54, 1.807) is 39.0 Å². The van der Waals surface area contributed by atoms with Crippen LogP contribution in [0.5, 0.6) is 0 Å². The Morgan fingerprint density at radius 3 is 2.37 bits per heavy atom. The number of rotatable bonds is 13. The first kappa shape index (κ1) is 43.4. The van der Waals surface area contributed by atoms with E-state index in [0.717, 1.165) is 4.90 Å². The highest BCUT2D eigenvalue weighted by molar-refractivity contribution is 7.91. The summed E-state index contributed by atoms with van der Waals surface area (Å²) in [6, 6.07) is 1.58. The van der Waals surface area contributed by atoms with Crippen LogP contribution in [0.3, 0.4) is 0 Å². The number of carbonyl (C=O) groups is 5. The van der Waals surface area contributed by atoms with Crippen LogP contribution in [0.25, 0.3) is 0 Å². The molecule has 17 heteroatoms. The number of aliphatic hydroxyl groups is 1. The number of amides is 5. The van der Waals surface area contributed by atoms with Gasteiger partial charge in [-0.15, -0.1) is 6.58 Å². The molecule has 0 aromatic heterocycles. The lowest BCUT2D eigenvalue weighted by atomic mass is 9.94. The molecule has 5 rings (SSSR count). The van der Waals surface area contributed by atoms with Gasteiger partial charge in [0.15, 0.2) is 0 Å². The summed E-state index contributed by atoms with van der Waals surface area (Å²) in [4.78, 5) is 71.4. The number of allylic oxidation sites excluding steroid dienone is 1. The van der Waals surface area contributed by atoms with E-state index in [4.69, 9.17) is 9.47 Å². The maximum atomic E-state index is 14.6. The van der Waals surface area contributed by atoms with E-state index in [-0.39, 0.29) is 49.9 Å². The predicted octanol–water partition coefficient (Wildman–Crippen LogP) is 3.72. The fourth-order valence-electron chi connectivity index (χ4n) is 6.91. The fraction of sp³-hybridized carbons (Fsp3) is 0.575. The van der Waals surface area contributed by atoms with Crippen LogP contribution in [0.4, 0.5) is 14.0 Å². The summed E-state index contributed by atoms with van der Waals surface area (Å²) in [5.41, 5.74) is -1.90. The van der Waals surface area contributed by atoms with Gasteiger partial charge < -0.3 is 30.1 Å². The van der Waals surface area contributed by atoms with Crippen molar-refractivity contribution in [2.75, 3.05) is 6.54 Å². The molecule has 312 valence electrons. The maximum absolute atomic E-state index is 14.6. The zero-order valence-electron chi connectivity index (χ0n) is 33.3. The van der Waals surface area contributed by atoms with Crippen LogP contribution in [0.15, 0.2) is 55.2 Å². The van der Waals surface area contributed by atoms with Gasteiger partial charge in [0.25, 0.3) is 5.91 Å². The SMILES string of the molecule is C=CC1CC1(NC(=O)C1CC(OC(=O)N2Cc3cccc(F)c3C2)CN1C(=O)C(NC(=O)OC(C)(C)C)C(=C)CC(O)C=CC(C)(C)C)C(=O)NS(=O)(=O)C1CC1. The molecule has 6 atom stereocenters. The number of alkyl carbamates (subject to hydrolysis) is 1. The average Bonchev–Trinajstić information content (AvgIpc) is 3.99. The summed E-state index contributed by atoms with van der Waals surface area (Å²) in [7, 11) is -3.98. The number of likely N-dealkylation sites (tertiary alicyclic amines) is 1. The van der Waals surface area contributed by atoms with E-state index < -0.39 is 92.3 Å². The van der Waals surface area contributed by atoms with Crippen LogP contribution in [0, 0.1) is 17.2 Å². The molecular weight excluding hydrogens is 762 g/mol. The van der Waals surface area contributed by atoms with Gasteiger partial charge in [-0.2, -0.15) is 0 Å². The first-order chi connectivity index (χ1) is 26.4. The highest BCUT2D eigenvalue weighted by Crippen LogP contribution is 2.45. The molecule has 0 radical (unpaired) electrons. The van der Waals surface area contributed by atoms with E-state index in [2.05, 4.69) is 28.5 Å². The van der Waals surface area contributed by atoms with Crippen LogP contribution in [0.2, 0.25) is 0 Å². The third-order valence-corrected chi connectivity index (χ3v) is 12.0. The van der Waals surface area contributed by atoms with Crippen molar-refractivity contribution < 1.29 is 51.4 Å². The molecule has 1 aromatic rings. The van der Waals surface area contributed by atoms with Crippen LogP contribution in [-0.2, 0) is 47.0 Å². The van der Waals surface area contributed by atoms with E-state index in [0.29, 0.717) is 24.0 Å². The second-order valence-electron chi connectivity index (χ2n) is 17.4. The molecule has 2 saturated carbocycles. The molecule has 3 fully saturated rings. The second-order valence-corrected chi connectivity index (χ2v) is 19.4. The molecule has 57 heavy (non-hydrogen) atoms. The number of sulfonamides is 1. The minimum Gasteiger partial charge on any atom is -0.444 e. The second kappa shape index (κ2) is 16.2. The zero-order valence-corrected chi connectivity index (χ0v) is 34.1. The number of aliphatic hydroxyl groups excluding tert-OH is 1. The van der Waals surface area contributed by atoms with Gasteiger partial charge in [0.2, 0.25) is 21.8 Å². The van der Waals surface area contributed by atoms with Gasteiger partial charge in [0.05, 0.1) is 24.4 Å². The molecule has 6 unspecified atom stereocenters. The average molecular weight is 816 g/mol. The molecule has 2 heterocycles. The fourth-order valence-corrected chi connectivity index (χ4v) is 8.27. The van der Waals surface area contributed by atoms with Crippen molar-refractivity contribution in [1.29, 1.82) is 0 Å². The highest BCUT2D eigenvalue weighted by atomic mass is 32.2. The van der Waals surface area contributed by atoms with Gasteiger partial charge in [0, 0.05) is 30.9 Å². The van der Waals surface area contributed by atoms with Gasteiger partial charge in [-0.25, -0.2) is 22.4 Å². The number of fused-ring (bicyclic) bond motifs is 1. The van der Waals surface area contributed by atoms with Gasteiger partial charge in [0.1, 0.15) is 35.1 Å². The molecule has 5 amide bonds. The maximum Gasteiger partial charge on any atom is 0.410 e. The Balaban J connectivity index is 1.42. The summed E-state index contributed by atoms with van der Waals surface area (Å²) in [5.74, 6) is -3.74. The molecule has 4 N–H and O–H groups in total. The number of hydrogen-bond acceptors (Lipinski definition) is 10. The van der Waals surface area contributed by atoms with Gasteiger partial charge in [-0.05, 0) is 62.7 Å². The largest absolute Gasteiger partial charge is 0.444 e. The number of nitrogens with one attached hydrogen (secondary N) is 3. The number of nitrogens with zero attached hydrogens (tertiary/aromatic N) is 2. The first-order valence-corrected chi connectivity index (χ1v) is 20.5. The van der Waals surface area contributed by atoms with Crippen molar-refractivity contribution in [3.8, 4) is 0 Å². The number of carbonyl (C=O) groups excluding carboxylic acids is 5. The van der Waals surface area contributed by atoms with Crippen molar-refractivity contribution in [3.05, 3.63) is 72.1 Å². The van der Waals surface area contributed by atoms with Crippen molar-refractivity contribution in [1.82, 2.24) is 25.2 Å². The van der Waals surface area contributed by atoms with E-state index >= 15 is 0 Å². The van der Waals surface area contributed by atoms with Crippen LogP contribution >= 0.6 is 0 Å². The summed E-state index contributed by atoms with van der Waals surface area (Å²) >= 11 is 0. The van der Waals surface area contributed by atoms with Crippen LogP contribution in [0.1, 0.15) is 84.8 Å². The number of halogens is 1. The van der Waals surface area contributed by atoms with Crippen molar-refractivity contribution in [2.24, 2.45) is 11.3 Å². The minimum atomic E-state index is -3.98. The third kappa shape index (κ3) is 10.6. The predicted molar refractivity (Wildman–Crippen MR) is 207 cm³/mol. The summed E-state index contributed by atoms with van der Waals surface area (Å²) in [6.45, 7) is 18.1. The third-order valence-electron chi connectivity index (χ3n) is 10.2. The summed E-state index contributed by atoms with van der Waals surface area (Å²) < 4.78 is 53.2. The molecule has 15 nitrogen and oxygen atoms in total. The lowest BCUT2D eigenvalue weighted by molar-refractivity contribution is -0.140. The Morgan fingerprint density at radius 2 is 1.79 bits per heavy atom. The van der Waals surface area contributed by atoms with Gasteiger partial charge in [-0.3, -0.25) is 24.0 Å². The van der Waals surface area contributed by atoms with Gasteiger partial charge >= 0.3 is 12.2 Å². The lowest BCUT2D eigenvalue weighted by Crippen LogP contribution is -2.58. The molecule has 4 aliphatic rings. The zero-order chi connectivity index (χ0) is 42.2. The topological polar surface area (TPSA) is 201 Å². The Morgan fingerprint density at radius 1 is 1.11 bits per heavy atom. The molecule has 0 spiro atoms. The number of ether oxygens (including phenoxy) is 2. The van der Waals surface area contributed by atoms with Crippen LogP contribution in [-0.4, -0.2) is 100 Å². The van der Waals surface area contributed by atoms with Crippen LogP contribution < -0.4 is 15.4 Å². The molecule has 2 aliphatic carbocycles. The smallest absolute Gasteiger partial charge is 0.410 e. The summed E-state index contributed by atoms with van der Waals surface area (Å²) in [5, 5.41) is 15.4. The molecule has 0 bridgehead atoms. The normalized spacial score (nSPS) is 24.2. The lowest BCUT2D eigenvalue weighted by Gasteiger charge is -2.31. The highest BCUT2D eigenvalue weighted by Gasteiger charge is 2.62. The van der Waals surface area contributed by atoms with E-state index in [1.807, 2.05) is 20.8 Å². The molecule has 2 aliphatic heterocycles. The van der Waals surface area contributed by atoms with E-state index in [1.165, 1.54) is 23.1 Å². The van der Waals surface area contributed by atoms with Crippen molar-refractivity contribution in [3.63, 3.8) is 0 Å². The van der Waals surface area contributed by atoms with Crippen molar-refractivity contribution in [2.45, 2.75) is 127 Å². The number of benzene rings is 1. The Bertz CT molecular complexity index is 1950. The molecular formula is C40H54FN5O10S. The van der Waals surface area contributed by atoms with E-state index in [9.17, 15) is 41.9 Å². The summed E-state index contributed by atoms with van der Waals surface area (Å²) in [6.07, 6.45) is 1.18. The Hall–Kier alpha value is -4.77.